The molecule has 51 valence electrons. The summed E-state index contributed by atoms with van der Waals surface area (Å²) in [6.45, 7) is 0. The monoisotopic (exact) mass is 195 g/mol. The fourth-order valence-electron chi connectivity index (χ4n) is 1.40. The molecular formula is C9H8Br. The predicted molar refractivity (Wildman–Crippen MR) is 45.9 cm³/mol. The number of rotatable bonds is 0. The van der Waals surface area contributed by atoms with Crippen LogP contribution in [0.4, 0.5) is 0 Å². The Balaban J connectivity index is 2.59. The lowest BCUT2D eigenvalue weighted by atomic mass is 10.1. The van der Waals surface area contributed by atoms with Gasteiger partial charge in [-0.1, -0.05) is 28.1 Å². The van der Waals surface area contributed by atoms with Gasteiger partial charge in [-0.3, -0.25) is 0 Å². The fourth-order valence-corrected chi connectivity index (χ4v) is 1.96. The lowest BCUT2D eigenvalue weighted by Gasteiger charge is -1.98. The van der Waals surface area contributed by atoms with Crippen molar-refractivity contribution >= 4 is 15.9 Å². The second-order valence-corrected chi connectivity index (χ2v) is 3.43. The van der Waals surface area contributed by atoms with Crippen molar-refractivity contribution in [1.29, 1.82) is 0 Å². The summed E-state index contributed by atoms with van der Waals surface area (Å²) in [7, 11) is 0. The molecule has 0 N–H and O–H groups in total. The number of halogens is 1. The minimum absolute atomic E-state index is 1.14. The van der Waals surface area contributed by atoms with Gasteiger partial charge in [0.1, 0.15) is 0 Å². The molecule has 0 aliphatic heterocycles. The van der Waals surface area contributed by atoms with Gasteiger partial charge in [0, 0.05) is 4.47 Å². The Hall–Kier alpha value is -0.300. The van der Waals surface area contributed by atoms with E-state index in [0.717, 1.165) is 12.8 Å². The van der Waals surface area contributed by atoms with E-state index in [-0.39, 0.29) is 0 Å². The second-order valence-electron chi connectivity index (χ2n) is 2.57. The zero-order valence-corrected chi connectivity index (χ0v) is 7.19. The van der Waals surface area contributed by atoms with Crippen molar-refractivity contribution in [3.8, 4) is 0 Å². The highest BCUT2D eigenvalue weighted by atomic mass is 79.9. The Morgan fingerprint density at radius 2 is 2.10 bits per heavy atom. The largest absolute Gasteiger partial charge is 0.0609 e. The van der Waals surface area contributed by atoms with Gasteiger partial charge in [0.2, 0.25) is 0 Å². The van der Waals surface area contributed by atoms with Crippen molar-refractivity contribution in [2.75, 3.05) is 0 Å². The SMILES string of the molecule is Brc1cccc2c1C[CH]C2. The summed E-state index contributed by atoms with van der Waals surface area (Å²) < 4.78 is 1.26. The van der Waals surface area contributed by atoms with Crippen LogP contribution in [0.3, 0.4) is 0 Å². The Labute approximate surface area is 69.4 Å². The normalized spacial score (nSPS) is 15.3. The van der Waals surface area contributed by atoms with Gasteiger partial charge in [-0.2, -0.15) is 0 Å². The number of benzene rings is 1. The molecule has 0 saturated carbocycles. The Morgan fingerprint density at radius 1 is 1.20 bits per heavy atom. The molecule has 0 saturated heterocycles. The van der Waals surface area contributed by atoms with Crippen molar-refractivity contribution in [2.45, 2.75) is 12.8 Å². The summed E-state index contributed by atoms with van der Waals surface area (Å²) in [4.78, 5) is 0. The van der Waals surface area contributed by atoms with Gasteiger partial charge < -0.3 is 0 Å². The molecule has 1 aliphatic carbocycles. The highest BCUT2D eigenvalue weighted by Crippen LogP contribution is 2.27. The summed E-state index contributed by atoms with van der Waals surface area (Å²) in [5.41, 5.74) is 2.96. The van der Waals surface area contributed by atoms with E-state index < -0.39 is 0 Å². The smallest absolute Gasteiger partial charge is 0.0210 e. The molecule has 1 aliphatic rings. The van der Waals surface area contributed by atoms with E-state index in [2.05, 4.69) is 40.5 Å². The molecule has 1 aromatic rings. The van der Waals surface area contributed by atoms with E-state index in [4.69, 9.17) is 0 Å². The van der Waals surface area contributed by atoms with Crippen LogP contribution in [0.5, 0.6) is 0 Å². The lowest BCUT2D eigenvalue weighted by molar-refractivity contribution is 1.17. The minimum Gasteiger partial charge on any atom is -0.0609 e. The molecule has 1 heteroatoms. The van der Waals surface area contributed by atoms with Gasteiger partial charge in [0.05, 0.1) is 0 Å². The highest BCUT2D eigenvalue weighted by Gasteiger charge is 2.11. The molecule has 0 amide bonds. The summed E-state index contributed by atoms with van der Waals surface area (Å²) in [6, 6.07) is 6.41. The summed E-state index contributed by atoms with van der Waals surface area (Å²) in [5, 5.41) is 0. The van der Waals surface area contributed by atoms with Gasteiger partial charge in [0.15, 0.2) is 0 Å². The van der Waals surface area contributed by atoms with Crippen LogP contribution in [0.25, 0.3) is 0 Å². The van der Waals surface area contributed by atoms with Crippen molar-refractivity contribution in [1.82, 2.24) is 0 Å². The van der Waals surface area contributed by atoms with Crippen molar-refractivity contribution < 1.29 is 0 Å². The van der Waals surface area contributed by atoms with E-state index in [1.807, 2.05) is 0 Å². The van der Waals surface area contributed by atoms with Crippen LogP contribution in [0, 0.1) is 6.42 Å². The first-order valence-corrected chi connectivity index (χ1v) is 4.25. The lowest BCUT2D eigenvalue weighted by Crippen LogP contribution is -1.81. The van der Waals surface area contributed by atoms with Crippen LogP contribution in [0.2, 0.25) is 0 Å². The molecular weight excluding hydrogens is 188 g/mol. The van der Waals surface area contributed by atoms with Gasteiger partial charge in [-0.15, -0.1) is 0 Å². The maximum atomic E-state index is 3.53. The van der Waals surface area contributed by atoms with Crippen LogP contribution in [-0.4, -0.2) is 0 Å². The van der Waals surface area contributed by atoms with Crippen molar-refractivity contribution in [2.24, 2.45) is 0 Å². The molecule has 0 aromatic heterocycles. The van der Waals surface area contributed by atoms with Gasteiger partial charge in [-0.05, 0) is 36.5 Å². The van der Waals surface area contributed by atoms with Gasteiger partial charge >= 0.3 is 0 Å². The Bertz CT molecular complexity index is 253. The quantitative estimate of drug-likeness (QED) is 0.598. The van der Waals surface area contributed by atoms with Crippen LogP contribution < -0.4 is 0 Å². The third kappa shape index (κ3) is 0.891. The zero-order valence-electron chi connectivity index (χ0n) is 5.60. The molecule has 0 fully saturated rings. The van der Waals surface area contributed by atoms with Gasteiger partial charge in [0.25, 0.3) is 0 Å². The van der Waals surface area contributed by atoms with E-state index in [1.165, 1.54) is 15.6 Å². The predicted octanol–water partition coefficient (Wildman–Crippen LogP) is 2.75. The average Bonchev–Trinajstić information content (AvgIpc) is 2.36. The average molecular weight is 196 g/mol. The van der Waals surface area contributed by atoms with E-state index in [9.17, 15) is 0 Å². The molecule has 2 rings (SSSR count). The Morgan fingerprint density at radius 3 is 2.90 bits per heavy atom. The molecule has 0 heterocycles. The second kappa shape index (κ2) is 2.39. The summed E-state index contributed by atoms with van der Waals surface area (Å²) in [5.74, 6) is 0. The summed E-state index contributed by atoms with van der Waals surface area (Å²) in [6.07, 6.45) is 4.60. The molecule has 0 bridgehead atoms. The van der Waals surface area contributed by atoms with Crippen LogP contribution in [0.15, 0.2) is 22.7 Å². The maximum absolute atomic E-state index is 3.53. The topological polar surface area (TPSA) is 0 Å². The number of fused-ring (bicyclic) bond motifs is 1. The van der Waals surface area contributed by atoms with E-state index in [0.29, 0.717) is 0 Å². The van der Waals surface area contributed by atoms with Crippen molar-refractivity contribution in [3.05, 3.63) is 40.2 Å². The standard InChI is InChI=1S/C9H8Br/c10-9-6-2-4-7-3-1-5-8(7)9/h1-2,4,6H,3,5H2. The van der Waals surface area contributed by atoms with Crippen LogP contribution in [0.1, 0.15) is 11.1 Å². The molecule has 1 radical (unpaired) electrons. The molecule has 1 aromatic carbocycles. The first-order valence-electron chi connectivity index (χ1n) is 3.46. The Kier molecular flexibility index (Phi) is 1.53. The van der Waals surface area contributed by atoms with Crippen LogP contribution >= 0.6 is 15.9 Å². The first-order chi connectivity index (χ1) is 4.88. The van der Waals surface area contributed by atoms with E-state index >= 15 is 0 Å². The molecule has 0 spiro atoms. The third-order valence-corrected chi connectivity index (χ3v) is 2.67. The molecule has 0 nitrogen and oxygen atoms in total. The molecule has 0 unspecified atom stereocenters. The number of hydrogen-bond donors (Lipinski definition) is 0. The van der Waals surface area contributed by atoms with Crippen molar-refractivity contribution in [3.63, 3.8) is 0 Å². The number of hydrogen-bond acceptors (Lipinski definition) is 0. The highest BCUT2D eigenvalue weighted by molar-refractivity contribution is 9.10. The molecule has 0 atom stereocenters. The maximum Gasteiger partial charge on any atom is 0.0210 e. The zero-order chi connectivity index (χ0) is 6.97. The van der Waals surface area contributed by atoms with E-state index in [1.54, 1.807) is 0 Å². The summed E-state index contributed by atoms with van der Waals surface area (Å²) >= 11 is 3.53. The fraction of sp³-hybridized carbons (Fsp3) is 0.222. The minimum atomic E-state index is 1.14. The first kappa shape index (κ1) is 6.41. The third-order valence-electron chi connectivity index (χ3n) is 1.93. The van der Waals surface area contributed by atoms with Crippen LogP contribution in [-0.2, 0) is 12.8 Å². The molecule has 10 heavy (non-hydrogen) atoms. The van der Waals surface area contributed by atoms with Gasteiger partial charge in [-0.25, -0.2) is 0 Å².